The number of nitrogens with zero attached hydrogens (tertiary/aromatic N) is 2. The van der Waals surface area contributed by atoms with Crippen LogP contribution in [0.15, 0.2) is 42.5 Å². The van der Waals surface area contributed by atoms with Crippen molar-refractivity contribution in [3.8, 4) is 5.75 Å². The van der Waals surface area contributed by atoms with Gasteiger partial charge >= 0.3 is 0 Å². The fourth-order valence-corrected chi connectivity index (χ4v) is 3.71. The van der Waals surface area contributed by atoms with Crippen LogP contribution >= 0.6 is 0 Å². The number of nitrogens with one attached hydrogen (secondary N) is 1. The second-order valence-corrected chi connectivity index (χ2v) is 6.92. The molecular formula is C20H21N3O4. The standard InChI is InChI=1S/C20H21N3O4/c24-20(21-13-16-11-14-5-1-2-6-19(14)27-16)15-7-8-17(18(12-15)23(25)26)22-9-3-4-10-22/h1-2,5-8,12,16H,3-4,9-11,13H2,(H,21,24). The Balaban J connectivity index is 1.43. The number of benzene rings is 2. The molecule has 1 atom stereocenters. The average molecular weight is 367 g/mol. The zero-order valence-corrected chi connectivity index (χ0v) is 14.9. The van der Waals surface area contributed by atoms with E-state index in [1.165, 1.54) is 6.07 Å². The highest BCUT2D eigenvalue weighted by Crippen LogP contribution is 2.32. The van der Waals surface area contributed by atoms with Crippen LogP contribution in [-0.2, 0) is 6.42 Å². The molecule has 0 saturated carbocycles. The van der Waals surface area contributed by atoms with E-state index >= 15 is 0 Å². The third kappa shape index (κ3) is 3.58. The Morgan fingerprint density at radius 2 is 2.00 bits per heavy atom. The van der Waals surface area contributed by atoms with Crippen LogP contribution in [0.5, 0.6) is 5.75 Å². The van der Waals surface area contributed by atoms with E-state index in [0.717, 1.165) is 43.7 Å². The van der Waals surface area contributed by atoms with E-state index in [2.05, 4.69) is 5.32 Å². The van der Waals surface area contributed by atoms with Crippen LogP contribution < -0.4 is 15.0 Å². The Morgan fingerprint density at radius 3 is 2.74 bits per heavy atom. The Labute approximate surface area is 157 Å². The summed E-state index contributed by atoms with van der Waals surface area (Å²) < 4.78 is 5.81. The first-order chi connectivity index (χ1) is 13.1. The summed E-state index contributed by atoms with van der Waals surface area (Å²) in [6.45, 7) is 1.98. The topological polar surface area (TPSA) is 84.7 Å². The van der Waals surface area contributed by atoms with E-state index in [-0.39, 0.29) is 17.7 Å². The SMILES string of the molecule is O=C(NCC1Cc2ccccc2O1)c1ccc(N2CCCC2)c([N+](=O)[O-])c1. The highest BCUT2D eigenvalue weighted by molar-refractivity contribution is 5.95. The number of nitro groups is 1. The van der Waals surface area contributed by atoms with Crippen molar-refractivity contribution in [3.63, 3.8) is 0 Å². The van der Waals surface area contributed by atoms with Gasteiger partial charge in [-0.05, 0) is 36.6 Å². The van der Waals surface area contributed by atoms with Crippen LogP contribution in [-0.4, -0.2) is 36.6 Å². The summed E-state index contributed by atoms with van der Waals surface area (Å²) in [5.41, 5.74) is 1.99. The second kappa shape index (κ2) is 7.26. The van der Waals surface area contributed by atoms with Crippen molar-refractivity contribution in [3.05, 3.63) is 63.7 Å². The van der Waals surface area contributed by atoms with Crippen molar-refractivity contribution in [1.29, 1.82) is 0 Å². The molecule has 7 heteroatoms. The molecule has 2 aromatic carbocycles. The van der Waals surface area contributed by atoms with E-state index in [1.807, 2.05) is 29.2 Å². The molecule has 2 aliphatic heterocycles. The number of carbonyl (C=O) groups is 1. The van der Waals surface area contributed by atoms with Crippen LogP contribution in [0.1, 0.15) is 28.8 Å². The zero-order chi connectivity index (χ0) is 18.8. The summed E-state index contributed by atoms with van der Waals surface area (Å²) in [5, 5.41) is 14.3. The summed E-state index contributed by atoms with van der Waals surface area (Å²) in [5.74, 6) is 0.521. The molecular weight excluding hydrogens is 346 g/mol. The number of rotatable bonds is 5. The molecule has 2 aromatic rings. The summed E-state index contributed by atoms with van der Waals surface area (Å²) in [4.78, 5) is 25.5. The monoisotopic (exact) mass is 367 g/mol. The third-order valence-corrected chi connectivity index (χ3v) is 5.09. The largest absolute Gasteiger partial charge is 0.488 e. The van der Waals surface area contributed by atoms with Gasteiger partial charge in [-0.25, -0.2) is 0 Å². The Kier molecular flexibility index (Phi) is 4.66. The normalized spacial score (nSPS) is 18.1. The number of fused-ring (bicyclic) bond motifs is 1. The fourth-order valence-electron chi connectivity index (χ4n) is 3.71. The van der Waals surface area contributed by atoms with Gasteiger partial charge in [0.1, 0.15) is 17.5 Å². The van der Waals surface area contributed by atoms with E-state index in [4.69, 9.17) is 4.74 Å². The predicted molar refractivity (Wildman–Crippen MR) is 101 cm³/mol. The van der Waals surface area contributed by atoms with E-state index in [1.54, 1.807) is 12.1 Å². The van der Waals surface area contributed by atoms with Gasteiger partial charge in [-0.15, -0.1) is 0 Å². The highest BCUT2D eigenvalue weighted by Gasteiger charge is 2.25. The molecule has 140 valence electrons. The lowest BCUT2D eigenvalue weighted by atomic mass is 10.1. The summed E-state index contributed by atoms with van der Waals surface area (Å²) in [6.07, 6.45) is 2.68. The molecule has 1 amide bonds. The van der Waals surface area contributed by atoms with Gasteiger partial charge in [0, 0.05) is 31.1 Å². The maximum absolute atomic E-state index is 12.5. The predicted octanol–water partition coefficient (Wildman–Crippen LogP) is 2.93. The number of para-hydroxylation sites is 1. The van der Waals surface area contributed by atoms with Crippen LogP contribution in [0.2, 0.25) is 0 Å². The zero-order valence-electron chi connectivity index (χ0n) is 14.9. The Hall–Kier alpha value is -3.09. The molecule has 27 heavy (non-hydrogen) atoms. The third-order valence-electron chi connectivity index (χ3n) is 5.09. The highest BCUT2D eigenvalue weighted by atomic mass is 16.6. The first-order valence-electron chi connectivity index (χ1n) is 9.18. The number of carbonyl (C=O) groups excluding carboxylic acids is 1. The van der Waals surface area contributed by atoms with Gasteiger partial charge in [0.25, 0.3) is 11.6 Å². The Bertz CT molecular complexity index is 852. The van der Waals surface area contributed by atoms with Crippen LogP contribution in [0.3, 0.4) is 0 Å². The molecule has 1 N–H and O–H groups in total. The minimum absolute atomic E-state index is 0.0194. The molecule has 1 saturated heterocycles. The van der Waals surface area contributed by atoms with E-state index < -0.39 is 4.92 Å². The van der Waals surface area contributed by atoms with Gasteiger partial charge < -0.3 is 15.0 Å². The lowest BCUT2D eigenvalue weighted by Gasteiger charge is -2.18. The molecule has 2 heterocycles. The van der Waals surface area contributed by atoms with Crippen LogP contribution in [0.4, 0.5) is 11.4 Å². The van der Waals surface area contributed by atoms with Gasteiger partial charge in [-0.3, -0.25) is 14.9 Å². The van der Waals surface area contributed by atoms with Gasteiger partial charge in [-0.2, -0.15) is 0 Å². The molecule has 1 unspecified atom stereocenters. The summed E-state index contributed by atoms with van der Waals surface area (Å²) >= 11 is 0. The number of hydrogen-bond acceptors (Lipinski definition) is 5. The average Bonchev–Trinajstić information content (AvgIpc) is 3.34. The molecule has 4 rings (SSSR count). The van der Waals surface area contributed by atoms with Crippen molar-refractivity contribution >= 4 is 17.3 Å². The summed E-state index contributed by atoms with van der Waals surface area (Å²) in [7, 11) is 0. The molecule has 1 fully saturated rings. The van der Waals surface area contributed by atoms with Gasteiger partial charge in [0.05, 0.1) is 11.5 Å². The number of anilines is 1. The number of ether oxygens (including phenoxy) is 1. The minimum atomic E-state index is -0.416. The molecule has 0 aromatic heterocycles. The summed E-state index contributed by atoms with van der Waals surface area (Å²) in [6, 6.07) is 12.5. The van der Waals surface area contributed by atoms with Crippen molar-refractivity contribution in [1.82, 2.24) is 5.32 Å². The fraction of sp³-hybridized carbons (Fsp3) is 0.350. The van der Waals surface area contributed by atoms with Crippen LogP contribution in [0.25, 0.3) is 0 Å². The van der Waals surface area contributed by atoms with Crippen molar-refractivity contribution < 1.29 is 14.5 Å². The second-order valence-electron chi connectivity index (χ2n) is 6.92. The van der Waals surface area contributed by atoms with Crippen molar-refractivity contribution in [2.45, 2.75) is 25.4 Å². The van der Waals surface area contributed by atoms with Gasteiger partial charge in [0.15, 0.2) is 0 Å². The molecule has 0 spiro atoms. The maximum atomic E-state index is 12.5. The van der Waals surface area contributed by atoms with Gasteiger partial charge in [0.2, 0.25) is 0 Å². The Morgan fingerprint density at radius 1 is 1.22 bits per heavy atom. The van der Waals surface area contributed by atoms with E-state index in [0.29, 0.717) is 17.8 Å². The van der Waals surface area contributed by atoms with Crippen molar-refractivity contribution in [2.24, 2.45) is 0 Å². The van der Waals surface area contributed by atoms with Crippen LogP contribution in [0, 0.1) is 10.1 Å². The first-order valence-corrected chi connectivity index (χ1v) is 9.18. The number of amides is 1. The molecule has 0 aliphatic carbocycles. The smallest absolute Gasteiger partial charge is 0.293 e. The van der Waals surface area contributed by atoms with Gasteiger partial charge in [-0.1, -0.05) is 18.2 Å². The minimum Gasteiger partial charge on any atom is -0.488 e. The molecule has 7 nitrogen and oxygen atoms in total. The number of nitro benzene ring substituents is 1. The molecule has 0 bridgehead atoms. The first kappa shape index (κ1) is 17.3. The number of hydrogen-bond donors (Lipinski definition) is 1. The molecule has 0 radical (unpaired) electrons. The van der Waals surface area contributed by atoms with Crippen molar-refractivity contribution in [2.75, 3.05) is 24.5 Å². The van der Waals surface area contributed by atoms with E-state index in [9.17, 15) is 14.9 Å². The quantitative estimate of drug-likeness (QED) is 0.649. The molecule has 2 aliphatic rings. The maximum Gasteiger partial charge on any atom is 0.293 e. The lowest BCUT2D eigenvalue weighted by molar-refractivity contribution is -0.384. The lowest BCUT2D eigenvalue weighted by Crippen LogP contribution is -2.34.